The highest BCUT2D eigenvalue weighted by molar-refractivity contribution is 7.10. The molecule has 1 aliphatic rings. The van der Waals surface area contributed by atoms with E-state index in [0.29, 0.717) is 0 Å². The fourth-order valence-electron chi connectivity index (χ4n) is 2.57. The van der Waals surface area contributed by atoms with Crippen LogP contribution in [0.1, 0.15) is 18.2 Å². The summed E-state index contributed by atoms with van der Waals surface area (Å²) in [7, 11) is -1.35. The van der Waals surface area contributed by atoms with E-state index in [4.69, 9.17) is 9.76 Å². The first-order chi connectivity index (χ1) is 11.4. The second kappa shape index (κ2) is 8.27. The summed E-state index contributed by atoms with van der Waals surface area (Å²) in [5.41, 5.74) is 0. The van der Waals surface area contributed by atoms with Crippen LogP contribution in [-0.2, 0) is 25.5 Å². The monoisotopic (exact) mass is 354 g/mol. The van der Waals surface area contributed by atoms with E-state index in [2.05, 4.69) is 5.32 Å². The van der Waals surface area contributed by atoms with E-state index in [1.807, 2.05) is 17.5 Å². The Kier molecular flexibility index (Phi) is 6.35. The lowest BCUT2D eigenvalue weighted by atomic mass is 9.74. The van der Waals surface area contributed by atoms with Gasteiger partial charge in [0.1, 0.15) is 0 Å². The summed E-state index contributed by atoms with van der Waals surface area (Å²) in [4.78, 5) is 36.8. The zero-order valence-corrected chi connectivity index (χ0v) is 14.0. The molecule has 1 aromatic rings. The van der Waals surface area contributed by atoms with Gasteiger partial charge < -0.3 is 25.0 Å². The van der Waals surface area contributed by atoms with Gasteiger partial charge in [0.05, 0.1) is 24.9 Å². The molecule has 3 N–H and O–H groups in total. The van der Waals surface area contributed by atoms with E-state index < -0.39 is 25.1 Å². The first-order valence-electron chi connectivity index (χ1n) is 7.48. The van der Waals surface area contributed by atoms with Crippen molar-refractivity contribution in [1.29, 1.82) is 0 Å². The van der Waals surface area contributed by atoms with Crippen LogP contribution in [0.3, 0.4) is 0 Å². The molecule has 8 nitrogen and oxygen atoms in total. The molecule has 0 aromatic carbocycles. The van der Waals surface area contributed by atoms with Gasteiger partial charge in [-0.1, -0.05) is 6.07 Å². The second-order valence-corrected chi connectivity index (χ2v) is 6.58. The zero-order chi connectivity index (χ0) is 17.7. The predicted molar refractivity (Wildman–Crippen MR) is 87.3 cm³/mol. The van der Waals surface area contributed by atoms with Gasteiger partial charge in [-0.05, 0) is 11.4 Å². The third-order valence-electron chi connectivity index (χ3n) is 3.69. The van der Waals surface area contributed by atoms with E-state index in [-0.39, 0.29) is 37.7 Å². The summed E-state index contributed by atoms with van der Waals surface area (Å²) in [6.07, 6.45) is -0.860. The normalized spacial score (nSPS) is 20.8. The molecule has 1 aromatic heterocycles. The van der Waals surface area contributed by atoms with Crippen molar-refractivity contribution < 1.29 is 29.2 Å². The van der Waals surface area contributed by atoms with Crippen molar-refractivity contribution in [1.82, 2.24) is 10.2 Å². The highest BCUT2D eigenvalue weighted by atomic mass is 32.1. The van der Waals surface area contributed by atoms with Crippen molar-refractivity contribution in [2.45, 2.75) is 31.8 Å². The summed E-state index contributed by atoms with van der Waals surface area (Å²) in [5.74, 6) is -2.36. The van der Waals surface area contributed by atoms with Crippen molar-refractivity contribution in [3.8, 4) is 0 Å². The summed E-state index contributed by atoms with van der Waals surface area (Å²) >= 11 is 1.47. The number of nitrogens with zero attached hydrogens (tertiary/aromatic N) is 1. The maximum Gasteiger partial charge on any atom is 0.480 e. The van der Waals surface area contributed by atoms with Gasteiger partial charge in [-0.25, -0.2) is 0 Å². The van der Waals surface area contributed by atoms with Crippen LogP contribution in [0, 0.1) is 0 Å². The van der Waals surface area contributed by atoms with Crippen LogP contribution in [0.2, 0.25) is 0 Å². The van der Waals surface area contributed by atoms with Crippen LogP contribution >= 0.6 is 11.3 Å². The van der Waals surface area contributed by atoms with Crippen molar-refractivity contribution in [2.24, 2.45) is 0 Å². The third kappa shape index (κ3) is 5.05. The molecule has 2 heterocycles. The molecule has 1 saturated heterocycles. The SMILES string of the molecule is CC(=O)N1CC(CC(=O)O)OB(O)C1CNC(=O)Cc1cccs1. The number of nitrogens with one attached hydrogen (secondary N) is 1. The van der Waals surface area contributed by atoms with Gasteiger partial charge in [-0.3, -0.25) is 14.4 Å². The van der Waals surface area contributed by atoms with Gasteiger partial charge in [0.15, 0.2) is 0 Å². The lowest BCUT2D eigenvalue weighted by molar-refractivity contribution is -0.142. The van der Waals surface area contributed by atoms with Crippen LogP contribution in [0.25, 0.3) is 0 Å². The second-order valence-electron chi connectivity index (χ2n) is 5.55. The smallest absolute Gasteiger partial charge is 0.480 e. The molecule has 0 saturated carbocycles. The van der Waals surface area contributed by atoms with Gasteiger partial charge in [-0.15, -0.1) is 11.3 Å². The quantitative estimate of drug-likeness (QED) is 0.594. The molecular formula is C14H19BN2O6S. The van der Waals surface area contributed by atoms with Crippen molar-refractivity contribution >= 4 is 36.2 Å². The number of rotatable bonds is 6. The van der Waals surface area contributed by atoms with E-state index in [1.54, 1.807) is 0 Å². The number of carbonyl (C=O) groups excluding carboxylic acids is 2. The Morgan fingerprint density at radius 3 is 2.83 bits per heavy atom. The minimum absolute atomic E-state index is 0.0325. The minimum Gasteiger partial charge on any atom is -0.481 e. The van der Waals surface area contributed by atoms with Gasteiger partial charge in [0, 0.05) is 24.9 Å². The van der Waals surface area contributed by atoms with Crippen molar-refractivity contribution in [3.05, 3.63) is 22.4 Å². The lowest BCUT2D eigenvalue weighted by Gasteiger charge is -2.40. The predicted octanol–water partition coefficient (Wildman–Crippen LogP) is -0.483. The molecule has 0 spiro atoms. The maximum atomic E-state index is 11.9. The fraction of sp³-hybridized carbons (Fsp3) is 0.500. The van der Waals surface area contributed by atoms with E-state index in [1.165, 1.54) is 23.2 Å². The standard InChI is InChI=1S/C14H19BN2O6S/c1-9(18)17-8-10(5-14(20)21)23-15(22)12(17)7-16-13(19)6-11-3-2-4-24-11/h2-4,10,12,22H,5-8H2,1H3,(H,16,19)(H,20,21). The van der Waals surface area contributed by atoms with Gasteiger partial charge in [-0.2, -0.15) is 0 Å². The Morgan fingerprint density at radius 2 is 2.25 bits per heavy atom. The number of hydrogen-bond acceptors (Lipinski definition) is 6. The highest BCUT2D eigenvalue weighted by Gasteiger charge is 2.42. The Bertz CT molecular complexity index is 596. The molecule has 2 unspecified atom stereocenters. The van der Waals surface area contributed by atoms with Crippen LogP contribution < -0.4 is 5.32 Å². The first-order valence-corrected chi connectivity index (χ1v) is 8.36. The van der Waals surface area contributed by atoms with Crippen LogP contribution in [-0.4, -0.2) is 65.1 Å². The average molecular weight is 354 g/mol. The molecule has 2 atom stereocenters. The number of carboxylic acids is 1. The molecule has 10 heteroatoms. The van der Waals surface area contributed by atoms with E-state index in [0.717, 1.165) is 4.88 Å². The fourth-order valence-corrected chi connectivity index (χ4v) is 3.28. The number of carbonyl (C=O) groups is 3. The summed E-state index contributed by atoms with van der Waals surface area (Å²) in [5, 5.41) is 23.5. The van der Waals surface area contributed by atoms with Crippen LogP contribution in [0.5, 0.6) is 0 Å². The van der Waals surface area contributed by atoms with E-state index >= 15 is 0 Å². The summed E-state index contributed by atoms with van der Waals surface area (Å²) in [6, 6.07) is 3.70. The molecule has 24 heavy (non-hydrogen) atoms. The molecule has 2 amide bonds. The Balaban J connectivity index is 1.93. The Hall–Kier alpha value is -1.91. The van der Waals surface area contributed by atoms with Crippen molar-refractivity contribution in [3.63, 3.8) is 0 Å². The lowest BCUT2D eigenvalue weighted by Crippen LogP contribution is -2.62. The number of hydrogen-bond donors (Lipinski definition) is 3. The average Bonchev–Trinajstić information content (AvgIpc) is 2.97. The van der Waals surface area contributed by atoms with Gasteiger partial charge in [0.2, 0.25) is 11.8 Å². The summed E-state index contributed by atoms with van der Waals surface area (Å²) < 4.78 is 5.26. The topological polar surface area (TPSA) is 116 Å². The Labute approximate surface area is 143 Å². The Morgan fingerprint density at radius 1 is 1.50 bits per heavy atom. The summed E-state index contributed by atoms with van der Waals surface area (Å²) in [6.45, 7) is 1.42. The van der Waals surface area contributed by atoms with Gasteiger partial charge >= 0.3 is 13.1 Å². The molecule has 0 radical (unpaired) electrons. The van der Waals surface area contributed by atoms with E-state index in [9.17, 15) is 19.4 Å². The van der Waals surface area contributed by atoms with Crippen LogP contribution in [0.15, 0.2) is 17.5 Å². The zero-order valence-electron chi connectivity index (χ0n) is 13.2. The molecule has 2 rings (SSSR count). The number of carboxylic acid groups (broad SMARTS) is 1. The van der Waals surface area contributed by atoms with Crippen molar-refractivity contribution in [2.75, 3.05) is 13.1 Å². The molecule has 130 valence electrons. The minimum atomic E-state index is -1.35. The number of amides is 2. The maximum absolute atomic E-state index is 11.9. The molecule has 1 aliphatic heterocycles. The number of thiophene rings is 1. The van der Waals surface area contributed by atoms with Crippen LogP contribution in [0.4, 0.5) is 0 Å². The van der Waals surface area contributed by atoms with Gasteiger partial charge in [0.25, 0.3) is 0 Å². The molecule has 0 aliphatic carbocycles. The first kappa shape index (κ1) is 18.4. The largest absolute Gasteiger partial charge is 0.481 e. The molecular weight excluding hydrogens is 335 g/mol. The molecule has 0 bridgehead atoms. The molecule has 1 fully saturated rings. The number of aliphatic carboxylic acids is 1. The third-order valence-corrected chi connectivity index (χ3v) is 4.57. The highest BCUT2D eigenvalue weighted by Crippen LogP contribution is 2.17.